The molecule has 1 aliphatic heterocycles. The SMILES string of the molecule is O=C(O)c1nc(C2CCCO2)sc1-c1ccccc1. The Morgan fingerprint density at radius 2 is 2.16 bits per heavy atom. The smallest absolute Gasteiger partial charge is 0.356 e. The Bertz CT molecular complexity index is 588. The molecule has 1 N–H and O–H groups in total. The van der Waals surface area contributed by atoms with Crippen LogP contribution in [0.15, 0.2) is 30.3 Å². The summed E-state index contributed by atoms with van der Waals surface area (Å²) in [4.78, 5) is 16.3. The number of aromatic nitrogens is 1. The molecule has 1 aromatic heterocycles. The van der Waals surface area contributed by atoms with Crippen molar-refractivity contribution >= 4 is 17.3 Å². The molecule has 2 heterocycles. The first-order valence-corrected chi connectivity index (χ1v) is 6.98. The Balaban J connectivity index is 2.05. The maximum Gasteiger partial charge on any atom is 0.356 e. The molecule has 5 heteroatoms. The van der Waals surface area contributed by atoms with Gasteiger partial charge in [0.2, 0.25) is 0 Å². The number of hydrogen-bond donors (Lipinski definition) is 1. The molecule has 0 aliphatic carbocycles. The van der Waals surface area contributed by atoms with Gasteiger partial charge < -0.3 is 9.84 Å². The van der Waals surface area contributed by atoms with Gasteiger partial charge in [-0.25, -0.2) is 9.78 Å². The van der Waals surface area contributed by atoms with E-state index in [9.17, 15) is 9.90 Å². The quantitative estimate of drug-likeness (QED) is 0.933. The lowest BCUT2D eigenvalue weighted by atomic mass is 10.1. The third-order valence-electron chi connectivity index (χ3n) is 3.09. The van der Waals surface area contributed by atoms with Crippen molar-refractivity contribution in [2.45, 2.75) is 18.9 Å². The van der Waals surface area contributed by atoms with Crippen molar-refractivity contribution < 1.29 is 14.6 Å². The topological polar surface area (TPSA) is 59.4 Å². The van der Waals surface area contributed by atoms with Crippen LogP contribution in [0.2, 0.25) is 0 Å². The molecule has 0 amide bonds. The summed E-state index contributed by atoms with van der Waals surface area (Å²) in [6.45, 7) is 0.729. The predicted molar refractivity (Wildman–Crippen MR) is 72.4 cm³/mol. The Morgan fingerprint density at radius 1 is 1.37 bits per heavy atom. The van der Waals surface area contributed by atoms with Gasteiger partial charge in [0, 0.05) is 6.61 Å². The van der Waals surface area contributed by atoms with Crippen LogP contribution in [0.1, 0.15) is 34.4 Å². The normalized spacial score (nSPS) is 18.6. The summed E-state index contributed by atoms with van der Waals surface area (Å²) in [5, 5.41) is 10.1. The fourth-order valence-electron chi connectivity index (χ4n) is 2.18. The van der Waals surface area contributed by atoms with Gasteiger partial charge in [0.05, 0.1) is 4.88 Å². The summed E-state index contributed by atoms with van der Waals surface area (Å²) in [5.74, 6) is -0.987. The minimum atomic E-state index is -0.987. The van der Waals surface area contributed by atoms with Crippen LogP contribution in [0.4, 0.5) is 0 Å². The predicted octanol–water partition coefficient (Wildman–Crippen LogP) is 3.36. The van der Waals surface area contributed by atoms with Gasteiger partial charge in [-0.1, -0.05) is 30.3 Å². The van der Waals surface area contributed by atoms with Crippen LogP contribution in [-0.2, 0) is 4.74 Å². The summed E-state index contributed by atoms with van der Waals surface area (Å²) in [5.41, 5.74) is 1.02. The summed E-state index contributed by atoms with van der Waals surface area (Å²) in [6, 6.07) is 9.50. The Labute approximate surface area is 114 Å². The van der Waals surface area contributed by atoms with Crippen molar-refractivity contribution in [2.75, 3.05) is 6.61 Å². The number of carboxylic acid groups (broad SMARTS) is 1. The van der Waals surface area contributed by atoms with E-state index in [1.807, 2.05) is 30.3 Å². The van der Waals surface area contributed by atoms with Crippen LogP contribution in [0.5, 0.6) is 0 Å². The fourth-order valence-corrected chi connectivity index (χ4v) is 3.32. The molecule has 0 spiro atoms. The second kappa shape index (κ2) is 5.11. The Hall–Kier alpha value is -1.72. The van der Waals surface area contributed by atoms with Gasteiger partial charge in [-0.2, -0.15) is 0 Å². The first-order chi connectivity index (χ1) is 9.25. The number of benzene rings is 1. The van der Waals surface area contributed by atoms with Gasteiger partial charge >= 0.3 is 5.97 Å². The molecule has 1 aliphatic rings. The van der Waals surface area contributed by atoms with Crippen molar-refractivity contribution in [3.05, 3.63) is 41.0 Å². The summed E-state index contributed by atoms with van der Waals surface area (Å²) in [6.07, 6.45) is 1.88. The van der Waals surface area contributed by atoms with E-state index in [1.165, 1.54) is 11.3 Å². The van der Waals surface area contributed by atoms with Gasteiger partial charge in [-0.3, -0.25) is 0 Å². The molecule has 1 atom stereocenters. The van der Waals surface area contributed by atoms with Crippen LogP contribution in [-0.4, -0.2) is 22.7 Å². The summed E-state index contributed by atoms with van der Waals surface area (Å²) >= 11 is 1.42. The number of aromatic carboxylic acids is 1. The second-order valence-corrected chi connectivity index (χ2v) is 5.43. The number of carbonyl (C=O) groups is 1. The highest BCUT2D eigenvalue weighted by Gasteiger charge is 2.26. The van der Waals surface area contributed by atoms with E-state index in [0.29, 0.717) is 4.88 Å². The van der Waals surface area contributed by atoms with Crippen LogP contribution in [0, 0.1) is 0 Å². The second-order valence-electron chi connectivity index (χ2n) is 4.40. The third-order valence-corrected chi connectivity index (χ3v) is 4.28. The molecule has 4 nitrogen and oxygen atoms in total. The van der Waals surface area contributed by atoms with Crippen LogP contribution in [0.3, 0.4) is 0 Å². The molecular weight excluding hydrogens is 262 g/mol. The van der Waals surface area contributed by atoms with Crippen molar-refractivity contribution in [3.8, 4) is 10.4 Å². The van der Waals surface area contributed by atoms with Gasteiger partial charge in [0.15, 0.2) is 5.69 Å². The van der Waals surface area contributed by atoms with Crippen LogP contribution < -0.4 is 0 Å². The molecule has 0 radical (unpaired) electrons. The van der Waals surface area contributed by atoms with Crippen LogP contribution in [0.25, 0.3) is 10.4 Å². The van der Waals surface area contributed by atoms with E-state index in [1.54, 1.807) is 0 Å². The van der Waals surface area contributed by atoms with Gasteiger partial charge in [-0.05, 0) is 18.4 Å². The van der Waals surface area contributed by atoms with Gasteiger partial charge in [0.1, 0.15) is 11.1 Å². The van der Waals surface area contributed by atoms with Crippen molar-refractivity contribution in [1.82, 2.24) is 4.98 Å². The zero-order chi connectivity index (χ0) is 13.2. The van der Waals surface area contributed by atoms with Gasteiger partial charge in [0.25, 0.3) is 0 Å². The zero-order valence-electron chi connectivity index (χ0n) is 10.2. The molecule has 1 saturated heterocycles. The molecule has 3 rings (SSSR count). The zero-order valence-corrected chi connectivity index (χ0v) is 11.0. The van der Waals surface area contributed by atoms with E-state index in [2.05, 4.69) is 4.98 Å². The highest BCUT2D eigenvalue weighted by atomic mass is 32.1. The molecule has 1 aromatic carbocycles. The standard InChI is InChI=1S/C14H13NO3S/c16-14(17)11-12(9-5-2-1-3-6-9)19-13(15-11)10-7-4-8-18-10/h1-3,5-6,10H,4,7-8H2,(H,16,17). The number of carboxylic acids is 1. The average molecular weight is 275 g/mol. The van der Waals surface area contributed by atoms with E-state index >= 15 is 0 Å². The largest absolute Gasteiger partial charge is 0.476 e. The molecule has 0 saturated carbocycles. The Morgan fingerprint density at radius 3 is 2.79 bits per heavy atom. The fraction of sp³-hybridized carbons (Fsp3) is 0.286. The number of rotatable bonds is 3. The van der Waals surface area contributed by atoms with Crippen molar-refractivity contribution in [1.29, 1.82) is 0 Å². The molecule has 98 valence electrons. The number of ether oxygens (including phenoxy) is 1. The molecule has 2 aromatic rings. The third kappa shape index (κ3) is 2.39. The maximum absolute atomic E-state index is 11.3. The molecule has 1 fully saturated rings. The average Bonchev–Trinajstić information content (AvgIpc) is 3.08. The maximum atomic E-state index is 11.3. The van der Waals surface area contributed by atoms with Gasteiger partial charge in [-0.15, -0.1) is 11.3 Å². The summed E-state index contributed by atoms with van der Waals surface area (Å²) < 4.78 is 5.58. The number of thiazole rings is 1. The van der Waals surface area contributed by atoms with Crippen LogP contribution >= 0.6 is 11.3 Å². The minimum absolute atomic E-state index is 0.0411. The van der Waals surface area contributed by atoms with E-state index < -0.39 is 5.97 Å². The minimum Gasteiger partial charge on any atom is -0.476 e. The number of nitrogens with zero attached hydrogens (tertiary/aromatic N) is 1. The lowest BCUT2D eigenvalue weighted by Gasteiger charge is -2.03. The lowest BCUT2D eigenvalue weighted by Crippen LogP contribution is -2.01. The molecule has 1 unspecified atom stereocenters. The Kier molecular flexibility index (Phi) is 3.31. The molecule has 19 heavy (non-hydrogen) atoms. The van der Waals surface area contributed by atoms with E-state index in [4.69, 9.17) is 4.74 Å². The highest BCUT2D eigenvalue weighted by molar-refractivity contribution is 7.15. The molecule has 0 bridgehead atoms. The number of hydrogen-bond acceptors (Lipinski definition) is 4. The summed E-state index contributed by atoms with van der Waals surface area (Å²) in [7, 11) is 0. The van der Waals surface area contributed by atoms with E-state index in [0.717, 1.165) is 30.0 Å². The van der Waals surface area contributed by atoms with E-state index in [-0.39, 0.29) is 11.8 Å². The monoisotopic (exact) mass is 275 g/mol. The first kappa shape index (κ1) is 12.3. The first-order valence-electron chi connectivity index (χ1n) is 6.17. The van der Waals surface area contributed by atoms with Crippen molar-refractivity contribution in [2.24, 2.45) is 0 Å². The lowest BCUT2D eigenvalue weighted by molar-refractivity contribution is 0.0690. The highest BCUT2D eigenvalue weighted by Crippen LogP contribution is 2.37. The molecular formula is C14H13NO3S. The van der Waals surface area contributed by atoms with Crippen molar-refractivity contribution in [3.63, 3.8) is 0 Å².